The number of pyridine rings is 1. The Balaban J connectivity index is 2.04. The van der Waals surface area contributed by atoms with Gasteiger partial charge in [0.25, 0.3) is 0 Å². The van der Waals surface area contributed by atoms with Gasteiger partial charge in [-0.2, -0.15) is 0 Å². The second-order valence-electron chi connectivity index (χ2n) is 5.16. The van der Waals surface area contributed by atoms with Crippen LogP contribution in [0.25, 0.3) is 5.52 Å². The van der Waals surface area contributed by atoms with Gasteiger partial charge in [-0.25, -0.2) is 4.79 Å². The highest BCUT2D eigenvalue weighted by atomic mass is 16.5. The first-order valence-electron chi connectivity index (χ1n) is 6.92. The summed E-state index contributed by atoms with van der Waals surface area (Å²) in [4.78, 5) is 11.9. The van der Waals surface area contributed by atoms with Gasteiger partial charge in [0.2, 0.25) is 0 Å². The van der Waals surface area contributed by atoms with Crippen molar-refractivity contribution in [1.29, 1.82) is 0 Å². The number of carbonyl (C=O) groups is 1. The molecular weight excluding hydrogens is 262 g/mol. The molecule has 0 aliphatic rings. The molecule has 3 rings (SSSR count). The molecule has 2 aromatic heterocycles. The summed E-state index contributed by atoms with van der Waals surface area (Å²) in [5.74, 6) is -0.302. The molecule has 3 nitrogen and oxygen atoms in total. The molecule has 0 amide bonds. The predicted molar refractivity (Wildman–Crippen MR) is 82.7 cm³/mol. The average Bonchev–Trinajstić information content (AvgIpc) is 2.83. The fraction of sp³-hybridized carbons (Fsp3) is 0.167. The number of benzene rings is 1. The van der Waals surface area contributed by atoms with Gasteiger partial charge in [-0.3, -0.25) is 0 Å². The highest BCUT2D eigenvalue weighted by Gasteiger charge is 2.15. The molecule has 106 valence electrons. The predicted octanol–water partition coefficient (Wildman–Crippen LogP) is 3.63. The summed E-state index contributed by atoms with van der Waals surface area (Å²) < 4.78 is 6.80. The summed E-state index contributed by atoms with van der Waals surface area (Å²) in [6.45, 7) is 1.93. The molecule has 0 aliphatic carbocycles. The van der Waals surface area contributed by atoms with Crippen LogP contribution in [-0.2, 0) is 11.2 Å². The summed E-state index contributed by atoms with van der Waals surface area (Å²) in [6, 6.07) is 16.4. The molecule has 0 unspecified atom stereocenters. The van der Waals surface area contributed by atoms with Crippen molar-refractivity contribution in [2.75, 3.05) is 7.11 Å². The molecule has 0 fully saturated rings. The van der Waals surface area contributed by atoms with Gasteiger partial charge in [0.05, 0.1) is 7.11 Å². The van der Waals surface area contributed by atoms with Gasteiger partial charge in [0.15, 0.2) is 0 Å². The van der Waals surface area contributed by atoms with Gasteiger partial charge in [0.1, 0.15) is 5.69 Å². The van der Waals surface area contributed by atoms with E-state index >= 15 is 0 Å². The third-order valence-electron chi connectivity index (χ3n) is 3.65. The quantitative estimate of drug-likeness (QED) is 0.685. The Kier molecular flexibility index (Phi) is 3.48. The summed E-state index contributed by atoms with van der Waals surface area (Å²) >= 11 is 0. The molecule has 0 aliphatic heterocycles. The molecular formula is C18H17NO2. The topological polar surface area (TPSA) is 30.7 Å². The largest absolute Gasteiger partial charge is 0.464 e. The van der Waals surface area contributed by atoms with E-state index in [4.69, 9.17) is 4.74 Å². The lowest BCUT2D eigenvalue weighted by atomic mass is 10.1. The Morgan fingerprint density at radius 1 is 1.10 bits per heavy atom. The molecule has 0 saturated carbocycles. The SMILES string of the molecule is COC(=O)c1c(C)cc2ccc(Cc3ccccc3)cn12. The van der Waals surface area contributed by atoms with Crippen LogP contribution in [-0.4, -0.2) is 17.5 Å². The second kappa shape index (κ2) is 5.44. The Bertz CT molecular complexity index is 788. The van der Waals surface area contributed by atoms with Crippen LogP contribution in [0.3, 0.4) is 0 Å². The van der Waals surface area contributed by atoms with Crippen molar-refractivity contribution < 1.29 is 9.53 Å². The van der Waals surface area contributed by atoms with Crippen molar-refractivity contribution in [1.82, 2.24) is 4.40 Å². The standard InChI is InChI=1S/C18H17NO2/c1-13-10-16-9-8-15(11-14-6-4-3-5-7-14)12-19(16)17(13)18(20)21-2/h3-10,12H,11H2,1-2H3. The summed E-state index contributed by atoms with van der Waals surface area (Å²) in [5.41, 5.74) is 4.95. The van der Waals surface area contributed by atoms with Crippen molar-refractivity contribution in [2.24, 2.45) is 0 Å². The third kappa shape index (κ3) is 2.55. The first kappa shape index (κ1) is 13.4. The summed E-state index contributed by atoms with van der Waals surface area (Å²) in [5, 5.41) is 0. The molecule has 0 saturated heterocycles. The molecule has 1 aromatic carbocycles. The first-order chi connectivity index (χ1) is 10.2. The molecule has 0 radical (unpaired) electrons. The minimum absolute atomic E-state index is 0.302. The number of carbonyl (C=O) groups excluding carboxylic acids is 1. The van der Waals surface area contributed by atoms with Crippen LogP contribution in [0.4, 0.5) is 0 Å². The van der Waals surface area contributed by atoms with E-state index < -0.39 is 0 Å². The number of methoxy groups -OCH3 is 1. The number of fused-ring (bicyclic) bond motifs is 1. The number of rotatable bonds is 3. The third-order valence-corrected chi connectivity index (χ3v) is 3.65. The van der Waals surface area contributed by atoms with Crippen molar-refractivity contribution in [2.45, 2.75) is 13.3 Å². The Morgan fingerprint density at radius 3 is 2.57 bits per heavy atom. The number of esters is 1. The van der Waals surface area contributed by atoms with Crippen LogP contribution in [0, 0.1) is 6.92 Å². The molecule has 3 aromatic rings. The van der Waals surface area contributed by atoms with E-state index in [2.05, 4.69) is 18.2 Å². The molecule has 2 heterocycles. The van der Waals surface area contributed by atoms with Crippen molar-refractivity contribution in [3.05, 3.63) is 77.1 Å². The van der Waals surface area contributed by atoms with Gasteiger partial charge in [-0.1, -0.05) is 36.4 Å². The van der Waals surface area contributed by atoms with Crippen molar-refractivity contribution >= 4 is 11.5 Å². The average molecular weight is 279 g/mol. The second-order valence-corrected chi connectivity index (χ2v) is 5.16. The number of hydrogen-bond donors (Lipinski definition) is 0. The molecule has 21 heavy (non-hydrogen) atoms. The van der Waals surface area contributed by atoms with Crippen molar-refractivity contribution in [3.8, 4) is 0 Å². The van der Waals surface area contributed by atoms with Crippen LogP contribution in [0.15, 0.2) is 54.7 Å². The lowest BCUT2D eigenvalue weighted by Crippen LogP contribution is -2.07. The Morgan fingerprint density at radius 2 is 1.86 bits per heavy atom. The zero-order chi connectivity index (χ0) is 14.8. The number of aryl methyl sites for hydroxylation is 1. The molecule has 0 N–H and O–H groups in total. The minimum Gasteiger partial charge on any atom is -0.464 e. The summed E-state index contributed by atoms with van der Waals surface area (Å²) in [6.07, 6.45) is 2.86. The number of aromatic nitrogens is 1. The Hall–Kier alpha value is -2.55. The van der Waals surface area contributed by atoms with Gasteiger partial charge in [-0.15, -0.1) is 0 Å². The summed E-state index contributed by atoms with van der Waals surface area (Å²) in [7, 11) is 1.41. The number of hydrogen-bond acceptors (Lipinski definition) is 2. The number of ether oxygens (including phenoxy) is 1. The van der Waals surface area contributed by atoms with Gasteiger partial charge >= 0.3 is 5.97 Å². The molecule has 0 spiro atoms. The zero-order valence-corrected chi connectivity index (χ0v) is 12.2. The smallest absolute Gasteiger partial charge is 0.355 e. The van der Waals surface area contributed by atoms with E-state index in [0.717, 1.165) is 23.1 Å². The van der Waals surface area contributed by atoms with Gasteiger partial charge in [-0.05, 0) is 42.2 Å². The molecule has 0 atom stereocenters. The van der Waals surface area contributed by atoms with Crippen LogP contribution in [0.2, 0.25) is 0 Å². The van der Waals surface area contributed by atoms with Crippen LogP contribution in [0.5, 0.6) is 0 Å². The van der Waals surface area contributed by atoms with E-state index in [-0.39, 0.29) is 5.97 Å². The minimum atomic E-state index is -0.302. The lowest BCUT2D eigenvalue weighted by molar-refractivity contribution is 0.0592. The maximum atomic E-state index is 11.9. The van der Waals surface area contributed by atoms with Crippen molar-refractivity contribution in [3.63, 3.8) is 0 Å². The first-order valence-corrected chi connectivity index (χ1v) is 6.92. The fourth-order valence-corrected chi connectivity index (χ4v) is 2.64. The highest BCUT2D eigenvalue weighted by Crippen LogP contribution is 2.19. The van der Waals surface area contributed by atoms with Crippen LogP contribution >= 0.6 is 0 Å². The van der Waals surface area contributed by atoms with E-state index in [1.807, 2.05) is 47.9 Å². The maximum absolute atomic E-state index is 11.9. The number of nitrogens with zero attached hydrogens (tertiary/aromatic N) is 1. The fourth-order valence-electron chi connectivity index (χ4n) is 2.64. The van der Waals surface area contributed by atoms with E-state index in [1.165, 1.54) is 12.7 Å². The van der Waals surface area contributed by atoms with E-state index in [1.54, 1.807) is 0 Å². The lowest BCUT2D eigenvalue weighted by Gasteiger charge is -2.06. The maximum Gasteiger partial charge on any atom is 0.355 e. The van der Waals surface area contributed by atoms with E-state index in [0.29, 0.717) is 5.69 Å². The monoisotopic (exact) mass is 279 g/mol. The van der Waals surface area contributed by atoms with Gasteiger partial charge in [0, 0.05) is 11.7 Å². The zero-order valence-electron chi connectivity index (χ0n) is 12.2. The van der Waals surface area contributed by atoms with Gasteiger partial charge < -0.3 is 9.14 Å². The molecule has 0 bridgehead atoms. The normalized spacial score (nSPS) is 10.8. The van der Waals surface area contributed by atoms with E-state index in [9.17, 15) is 4.79 Å². The van der Waals surface area contributed by atoms with Crippen LogP contribution < -0.4 is 0 Å². The molecule has 3 heteroatoms. The highest BCUT2D eigenvalue weighted by molar-refractivity contribution is 5.91. The Labute approximate surface area is 123 Å². The van der Waals surface area contributed by atoms with Crippen LogP contribution in [0.1, 0.15) is 27.2 Å².